The molecule has 1 aromatic rings. The summed E-state index contributed by atoms with van der Waals surface area (Å²) in [6.07, 6.45) is 2.42. The Hall–Kier alpha value is -1.32. The molecule has 4 nitrogen and oxygen atoms in total. The van der Waals surface area contributed by atoms with Crippen molar-refractivity contribution in [1.29, 1.82) is 0 Å². The lowest BCUT2D eigenvalue weighted by molar-refractivity contribution is 0.0658. The van der Waals surface area contributed by atoms with Crippen LogP contribution < -0.4 is 0 Å². The zero-order valence-corrected chi connectivity index (χ0v) is 9.41. The highest BCUT2D eigenvalue weighted by Gasteiger charge is 2.20. The first kappa shape index (κ1) is 11.8. The van der Waals surface area contributed by atoms with E-state index >= 15 is 0 Å². The molecule has 0 amide bonds. The van der Waals surface area contributed by atoms with Crippen LogP contribution >= 0.6 is 0 Å². The third kappa shape index (κ3) is 2.58. The van der Waals surface area contributed by atoms with Crippen molar-refractivity contribution in [2.75, 3.05) is 0 Å². The van der Waals surface area contributed by atoms with Gasteiger partial charge in [0.2, 0.25) is 5.76 Å². The van der Waals surface area contributed by atoms with Gasteiger partial charge in [0.1, 0.15) is 0 Å². The summed E-state index contributed by atoms with van der Waals surface area (Å²) in [5.41, 5.74) is 0.570. The van der Waals surface area contributed by atoms with Crippen molar-refractivity contribution in [3.63, 3.8) is 0 Å². The maximum Gasteiger partial charge on any atom is 0.373 e. The molecule has 1 N–H and O–H groups in total. The summed E-state index contributed by atoms with van der Waals surface area (Å²) in [7, 11) is 0. The lowest BCUT2D eigenvalue weighted by Gasteiger charge is -2.00. The third-order valence-corrected chi connectivity index (χ3v) is 2.43. The molecule has 84 valence electrons. The van der Waals surface area contributed by atoms with Gasteiger partial charge in [0.25, 0.3) is 0 Å². The van der Waals surface area contributed by atoms with Crippen LogP contribution in [0.25, 0.3) is 0 Å². The zero-order valence-electron chi connectivity index (χ0n) is 9.41. The molecule has 15 heavy (non-hydrogen) atoms. The fraction of sp³-hybridized carbons (Fsp3) is 0.636. The number of carboxylic acids is 1. The molecule has 1 aromatic heterocycles. The number of carboxylic acid groups (broad SMARTS) is 1. The standard InChI is InChI=1S/C11H17NO3/c1-4-6-8-9(11(13)14)15-10(12-8)7(3)5-2/h7H,4-6H2,1-3H3,(H,13,14). The predicted molar refractivity (Wildman–Crippen MR) is 56.2 cm³/mol. The minimum absolute atomic E-state index is 0.00662. The van der Waals surface area contributed by atoms with Crippen LogP contribution in [0.4, 0.5) is 0 Å². The van der Waals surface area contributed by atoms with Gasteiger partial charge >= 0.3 is 5.97 Å². The van der Waals surface area contributed by atoms with Crippen molar-refractivity contribution in [2.24, 2.45) is 0 Å². The van der Waals surface area contributed by atoms with Crippen LogP contribution in [-0.2, 0) is 6.42 Å². The lowest BCUT2D eigenvalue weighted by Crippen LogP contribution is -1.99. The number of carbonyl (C=O) groups is 1. The Bertz CT molecular complexity index is 344. The van der Waals surface area contributed by atoms with Crippen LogP contribution in [0.2, 0.25) is 0 Å². The second-order valence-corrected chi connectivity index (χ2v) is 3.69. The van der Waals surface area contributed by atoms with Gasteiger partial charge in [-0.3, -0.25) is 0 Å². The molecule has 0 aliphatic rings. The molecule has 1 heterocycles. The number of aryl methyl sites for hydroxylation is 1. The average Bonchev–Trinajstić information content (AvgIpc) is 2.61. The van der Waals surface area contributed by atoms with Crippen molar-refractivity contribution < 1.29 is 14.3 Å². The van der Waals surface area contributed by atoms with Crippen LogP contribution in [0.15, 0.2) is 4.42 Å². The molecular formula is C11H17NO3. The van der Waals surface area contributed by atoms with E-state index in [2.05, 4.69) is 4.98 Å². The molecule has 0 radical (unpaired) electrons. The van der Waals surface area contributed by atoms with Crippen molar-refractivity contribution in [3.8, 4) is 0 Å². The summed E-state index contributed by atoms with van der Waals surface area (Å²) in [5.74, 6) is -0.306. The summed E-state index contributed by atoms with van der Waals surface area (Å²) in [6, 6.07) is 0. The molecule has 0 aromatic carbocycles. The molecule has 1 atom stereocenters. The maximum absolute atomic E-state index is 10.9. The monoisotopic (exact) mass is 211 g/mol. The minimum atomic E-state index is -1.03. The highest BCUT2D eigenvalue weighted by molar-refractivity contribution is 5.85. The van der Waals surface area contributed by atoms with Gasteiger partial charge in [0.15, 0.2) is 5.89 Å². The van der Waals surface area contributed by atoms with Gasteiger partial charge in [-0.05, 0) is 12.8 Å². The Labute approximate surface area is 89.3 Å². The summed E-state index contributed by atoms with van der Waals surface area (Å²) >= 11 is 0. The molecule has 1 rings (SSSR count). The Morgan fingerprint density at radius 3 is 2.67 bits per heavy atom. The van der Waals surface area contributed by atoms with Crippen molar-refractivity contribution in [2.45, 2.75) is 46.0 Å². The topological polar surface area (TPSA) is 63.3 Å². The third-order valence-electron chi connectivity index (χ3n) is 2.43. The zero-order chi connectivity index (χ0) is 11.4. The molecule has 0 saturated carbocycles. The normalized spacial score (nSPS) is 12.7. The summed E-state index contributed by atoms with van der Waals surface area (Å²) in [6.45, 7) is 5.99. The van der Waals surface area contributed by atoms with Gasteiger partial charge in [0.05, 0.1) is 5.69 Å². The first-order valence-electron chi connectivity index (χ1n) is 5.33. The lowest BCUT2D eigenvalue weighted by atomic mass is 10.1. The molecule has 0 aliphatic heterocycles. The van der Waals surface area contributed by atoms with Gasteiger partial charge in [-0.1, -0.05) is 27.2 Å². The van der Waals surface area contributed by atoms with Crippen LogP contribution in [0.3, 0.4) is 0 Å². The van der Waals surface area contributed by atoms with Gasteiger partial charge in [-0.15, -0.1) is 0 Å². The summed E-state index contributed by atoms with van der Waals surface area (Å²) in [4.78, 5) is 15.1. The first-order chi connectivity index (χ1) is 7.10. The highest BCUT2D eigenvalue weighted by atomic mass is 16.4. The largest absolute Gasteiger partial charge is 0.475 e. The predicted octanol–water partition coefficient (Wildman–Crippen LogP) is 2.84. The quantitative estimate of drug-likeness (QED) is 0.813. The SMILES string of the molecule is CCCc1nc(C(C)CC)oc1C(=O)O. The molecule has 4 heteroatoms. The van der Waals surface area contributed by atoms with E-state index in [1.807, 2.05) is 20.8 Å². The second-order valence-electron chi connectivity index (χ2n) is 3.69. The van der Waals surface area contributed by atoms with Gasteiger partial charge < -0.3 is 9.52 Å². The number of aromatic carboxylic acids is 1. The van der Waals surface area contributed by atoms with Crippen molar-refractivity contribution >= 4 is 5.97 Å². The molecule has 0 aliphatic carbocycles. The average molecular weight is 211 g/mol. The van der Waals surface area contributed by atoms with E-state index in [4.69, 9.17) is 9.52 Å². The van der Waals surface area contributed by atoms with E-state index < -0.39 is 5.97 Å². The smallest absolute Gasteiger partial charge is 0.373 e. The first-order valence-corrected chi connectivity index (χ1v) is 5.33. The highest BCUT2D eigenvalue weighted by Crippen LogP contribution is 2.22. The van der Waals surface area contributed by atoms with Gasteiger partial charge in [-0.2, -0.15) is 0 Å². The van der Waals surface area contributed by atoms with E-state index in [9.17, 15) is 4.79 Å². The van der Waals surface area contributed by atoms with Crippen LogP contribution in [0.1, 0.15) is 61.7 Å². The number of oxazole rings is 1. The number of hydrogen-bond acceptors (Lipinski definition) is 3. The fourth-order valence-corrected chi connectivity index (χ4v) is 1.33. The van der Waals surface area contributed by atoms with E-state index in [1.165, 1.54) is 0 Å². The van der Waals surface area contributed by atoms with Gasteiger partial charge in [0, 0.05) is 5.92 Å². The Balaban J connectivity index is 3.03. The molecule has 0 fully saturated rings. The van der Waals surface area contributed by atoms with Crippen LogP contribution in [0.5, 0.6) is 0 Å². The minimum Gasteiger partial charge on any atom is -0.475 e. The Morgan fingerprint density at radius 2 is 2.20 bits per heavy atom. The fourth-order valence-electron chi connectivity index (χ4n) is 1.33. The maximum atomic E-state index is 10.9. The van der Waals surface area contributed by atoms with Crippen molar-refractivity contribution in [1.82, 2.24) is 4.98 Å². The summed E-state index contributed by atoms with van der Waals surface area (Å²) < 4.78 is 5.27. The Morgan fingerprint density at radius 1 is 1.53 bits per heavy atom. The van der Waals surface area contributed by atoms with Crippen molar-refractivity contribution in [3.05, 3.63) is 17.3 Å². The molecule has 0 saturated heterocycles. The van der Waals surface area contributed by atoms with Crippen LogP contribution in [-0.4, -0.2) is 16.1 Å². The van der Waals surface area contributed by atoms with E-state index in [0.29, 0.717) is 18.0 Å². The summed E-state index contributed by atoms with van der Waals surface area (Å²) in [5, 5.41) is 8.93. The number of nitrogens with zero attached hydrogens (tertiary/aromatic N) is 1. The molecule has 1 unspecified atom stereocenters. The van der Waals surface area contributed by atoms with Crippen LogP contribution in [0, 0.1) is 0 Å². The number of hydrogen-bond donors (Lipinski definition) is 1. The molecule has 0 bridgehead atoms. The second kappa shape index (κ2) is 4.96. The Kier molecular flexibility index (Phi) is 3.88. The number of rotatable bonds is 5. The van der Waals surface area contributed by atoms with E-state index in [1.54, 1.807) is 0 Å². The van der Waals surface area contributed by atoms with E-state index in [-0.39, 0.29) is 11.7 Å². The number of aromatic nitrogens is 1. The molecular weight excluding hydrogens is 194 g/mol. The van der Waals surface area contributed by atoms with E-state index in [0.717, 1.165) is 12.8 Å². The molecule has 0 spiro atoms. The van der Waals surface area contributed by atoms with Gasteiger partial charge in [-0.25, -0.2) is 9.78 Å².